The number of aliphatic carboxylic acids is 1. The molecule has 1 atom stereocenters. The molecule has 0 bridgehead atoms. The largest absolute Gasteiger partial charge is 0.481 e. The molecule has 102 valence electrons. The topological polar surface area (TPSA) is 66.4 Å². The van der Waals surface area contributed by atoms with E-state index in [0.29, 0.717) is 18.5 Å². The van der Waals surface area contributed by atoms with Crippen LogP contribution in [0.25, 0.3) is 0 Å². The van der Waals surface area contributed by atoms with Gasteiger partial charge >= 0.3 is 5.97 Å². The highest BCUT2D eigenvalue weighted by atomic mass is 16.4. The molecule has 19 heavy (non-hydrogen) atoms. The molecular formula is C15H19NO3. The molecule has 0 saturated heterocycles. The molecule has 1 aromatic carbocycles. The van der Waals surface area contributed by atoms with E-state index in [4.69, 9.17) is 5.11 Å². The van der Waals surface area contributed by atoms with Gasteiger partial charge in [0.1, 0.15) is 0 Å². The highest BCUT2D eigenvalue weighted by Gasteiger charge is 2.14. The fraction of sp³-hybridized carbons (Fsp3) is 0.467. The van der Waals surface area contributed by atoms with E-state index in [2.05, 4.69) is 5.32 Å². The molecule has 0 radical (unpaired) electrons. The average Bonchev–Trinajstić information content (AvgIpc) is 2.85. The van der Waals surface area contributed by atoms with Crippen LogP contribution in [0.5, 0.6) is 0 Å². The fourth-order valence-corrected chi connectivity index (χ4v) is 2.34. The van der Waals surface area contributed by atoms with Crippen molar-refractivity contribution in [3.63, 3.8) is 0 Å². The number of carboxylic acids is 1. The van der Waals surface area contributed by atoms with Gasteiger partial charge in [-0.05, 0) is 48.9 Å². The molecule has 1 amide bonds. The van der Waals surface area contributed by atoms with Crippen LogP contribution in [0.2, 0.25) is 0 Å². The van der Waals surface area contributed by atoms with Gasteiger partial charge in [0.2, 0.25) is 0 Å². The van der Waals surface area contributed by atoms with E-state index >= 15 is 0 Å². The number of amides is 1. The van der Waals surface area contributed by atoms with Crippen molar-refractivity contribution in [3.05, 3.63) is 34.9 Å². The quantitative estimate of drug-likeness (QED) is 0.852. The van der Waals surface area contributed by atoms with Crippen LogP contribution >= 0.6 is 0 Å². The standard InChI is InChI=1S/C15H19NO3/c1-10(15(18)19)7-8-16-14(17)13-6-5-11-3-2-4-12(11)9-13/h5-6,9-10H,2-4,7-8H2,1H3,(H,16,17)(H,18,19). The van der Waals surface area contributed by atoms with Crippen molar-refractivity contribution in [2.45, 2.75) is 32.6 Å². The van der Waals surface area contributed by atoms with Crippen molar-refractivity contribution in [1.82, 2.24) is 5.32 Å². The van der Waals surface area contributed by atoms with Crippen molar-refractivity contribution in [2.75, 3.05) is 6.54 Å². The number of carboxylic acid groups (broad SMARTS) is 1. The summed E-state index contributed by atoms with van der Waals surface area (Å²) in [6, 6.07) is 5.83. The summed E-state index contributed by atoms with van der Waals surface area (Å²) < 4.78 is 0. The molecule has 1 unspecified atom stereocenters. The summed E-state index contributed by atoms with van der Waals surface area (Å²) in [5.74, 6) is -1.38. The summed E-state index contributed by atoms with van der Waals surface area (Å²) >= 11 is 0. The molecule has 1 aliphatic carbocycles. The van der Waals surface area contributed by atoms with Crippen LogP contribution in [0.4, 0.5) is 0 Å². The normalized spacial score (nSPS) is 14.8. The molecule has 1 aromatic rings. The summed E-state index contributed by atoms with van der Waals surface area (Å²) in [6.07, 6.45) is 3.77. The molecule has 0 saturated carbocycles. The van der Waals surface area contributed by atoms with Gasteiger partial charge in [-0.3, -0.25) is 9.59 Å². The lowest BCUT2D eigenvalue weighted by atomic mass is 10.1. The Morgan fingerprint density at radius 2 is 2.05 bits per heavy atom. The second kappa shape index (κ2) is 5.87. The first-order chi connectivity index (χ1) is 9.08. The van der Waals surface area contributed by atoms with Gasteiger partial charge in [-0.1, -0.05) is 13.0 Å². The maximum Gasteiger partial charge on any atom is 0.306 e. The maximum atomic E-state index is 11.9. The monoisotopic (exact) mass is 261 g/mol. The van der Waals surface area contributed by atoms with Crippen molar-refractivity contribution < 1.29 is 14.7 Å². The van der Waals surface area contributed by atoms with E-state index in [-0.39, 0.29) is 5.91 Å². The minimum absolute atomic E-state index is 0.118. The van der Waals surface area contributed by atoms with Gasteiger partial charge in [0.05, 0.1) is 5.92 Å². The van der Waals surface area contributed by atoms with Gasteiger partial charge in [-0.2, -0.15) is 0 Å². The third-order valence-corrected chi connectivity index (χ3v) is 3.65. The van der Waals surface area contributed by atoms with Crippen LogP contribution in [-0.2, 0) is 17.6 Å². The van der Waals surface area contributed by atoms with Gasteiger partial charge in [-0.25, -0.2) is 0 Å². The zero-order chi connectivity index (χ0) is 13.8. The Morgan fingerprint density at radius 1 is 1.32 bits per heavy atom. The number of hydrogen-bond donors (Lipinski definition) is 2. The fourth-order valence-electron chi connectivity index (χ4n) is 2.34. The number of carbonyl (C=O) groups is 2. The Hall–Kier alpha value is -1.84. The first-order valence-corrected chi connectivity index (χ1v) is 6.70. The molecule has 0 fully saturated rings. The van der Waals surface area contributed by atoms with Crippen LogP contribution in [-0.4, -0.2) is 23.5 Å². The Balaban J connectivity index is 1.88. The number of hydrogen-bond acceptors (Lipinski definition) is 2. The highest BCUT2D eigenvalue weighted by molar-refractivity contribution is 5.94. The number of aryl methyl sites for hydroxylation is 2. The third-order valence-electron chi connectivity index (χ3n) is 3.65. The number of carbonyl (C=O) groups excluding carboxylic acids is 1. The van der Waals surface area contributed by atoms with Crippen molar-refractivity contribution >= 4 is 11.9 Å². The summed E-state index contributed by atoms with van der Waals surface area (Å²) in [5.41, 5.74) is 3.28. The molecular weight excluding hydrogens is 242 g/mol. The molecule has 2 N–H and O–H groups in total. The smallest absolute Gasteiger partial charge is 0.306 e. The summed E-state index contributed by atoms with van der Waals surface area (Å²) in [5, 5.41) is 11.5. The van der Waals surface area contributed by atoms with E-state index in [1.54, 1.807) is 6.92 Å². The number of nitrogens with one attached hydrogen (secondary N) is 1. The maximum absolute atomic E-state index is 11.9. The first-order valence-electron chi connectivity index (χ1n) is 6.70. The van der Waals surface area contributed by atoms with E-state index in [9.17, 15) is 9.59 Å². The van der Waals surface area contributed by atoms with Gasteiger partial charge in [-0.15, -0.1) is 0 Å². The Kier molecular flexibility index (Phi) is 4.20. The van der Waals surface area contributed by atoms with Crippen molar-refractivity contribution in [3.8, 4) is 0 Å². The molecule has 1 aliphatic rings. The zero-order valence-corrected chi connectivity index (χ0v) is 11.1. The van der Waals surface area contributed by atoms with E-state index in [0.717, 1.165) is 19.3 Å². The molecule has 4 nitrogen and oxygen atoms in total. The third kappa shape index (κ3) is 3.34. The van der Waals surface area contributed by atoms with Crippen LogP contribution in [0.15, 0.2) is 18.2 Å². The Bertz CT molecular complexity index is 496. The SMILES string of the molecule is CC(CCNC(=O)c1ccc2c(c1)CCC2)C(=O)O. The number of rotatable bonds is 5. The van der Waals surface area contributed by atoms with Gasteiger partial charge in [0, 0.05) is 12.1 Å². The van der Waals surface area contributed by atoms with E-state index < -0.39 is 11.9 Å². The van der Waals surface area contributed by atoms with E-state index in [1.165, 1.54) is 11.1 Å². The minimum Gasteiger partial charge on any atom is -0.481 e. The lowest BCUT2D eigenvalue weighted by Gasteiger charge is -2.09. The summed E-state index contributed by atoms with van der Waals surface area (Å²) in [6.45, 7) is 2.03. The molecule has 0 aliphatic heterocycles. The molecule has 0 spiro atoms. The van der Waals surface area contributed by atoms with Gasteiger partial charge < -0.3 is 10.4 Å². The lowest BCUT2D eigenvalue weighted by molar-refractivity contribution is -0.141. The summed E-state index contributed by atoms with van der Waals surface area (Å²) in [7, 11) is 0. The highest BCUT2D eigenvalue weighted by Crippen LogP contribution is 2.22. The van der Waals surface area contributed by atoms with E-state index in [1.807, 2.05) is 18.2 Å². The number of benzene rings is 1. The van der Waals surface area contributed by atoms with Gasteiger partial charge in [0.15, 0.2) is 0 Å². The minimum atomic E-state index is -0.827. The predicted molar refractivity (Wildman–Crippen MR) is 72.2 cm³/mol. The second-order valence-electron chi connectivity index (χ2n) is 5.12. The molecule has 2 rings (SSSR count). The van der Waals surface area contributed by atoms with Crippen LogP contribution in [0, 0.1) is 5.92 Å². The second-order valence-corrected chi connectivity index (χ2v) is 5.12. The van der Waals surface area contributed by atoms with Crippen molar-refractivity contribution in [2.24, 2.45) is 5.92 Å². The van der Waals surface area contributed by atoms with Crippen LogP contribution in [0.3, 0.4) is 0 Å². The number of fused-ring (bicyclic) bond motifs is 1. The Morgan fingerprint density at radius 3 is 2.79 bits per heavy atom. The van der Waals surface area contributed by atoms with Crippen LogP contribution in [0.1, 0.15) is 41.3 Å². The zero-order valence-electron chi connectivity index (χ0n) is 11.1. The summed E-state index contributed by atoms with van der Waals surface area (Å²) in [4.78, 5) is 22.6. The molecule has 0 aromatic heterocycles. The molecule has 0 heterocycles. The van der Waals surface area contributed by atoms with Crippen molar-refractivity contribution in [1.29, 1.82) is 0 Å². The van der Waals surface area contributed by atoms with Crippen LogP contribution < -0.4 is 5.32 Å². The predicted octanol–water partition coefficient (Wildman–Crippen LogP) is 2.02. The average molecular weight is 261 g/mol. The Labute approximate surface area is 112 Å². The van der Waals surface area contributed by atoms with Gasteiger partial charge in [0.25, 0.3) is 5.91 Å². The lowest BCUT2D eigenvalue weighted by Crippen LogP contribution is -2.27. The molecule has 4 heteroatoms. The first kappa shape index (κ1) is 13.6.